The zero-order valence-electron chi connectivity index (χ0n) is 9.62. The zero-order valence-corrected chi connectivity index (χ0v) is 11.2. The Kier molecular flexibility index (Phi) is 5.39. The highest BCUT2D eigenvalue weighted by Gasteiger charge is 2.14. The third-order valence-corrected chi connectivity index (χ3v) is 3.45. The largest absolute Gasteiger partial charge is 0.300 e. The summed E-state index contributed by atoms with van der Waals surface area (Å²) >= 11 is 7.14. The van der Waals surface area contributed by atoms with Gasteiger partial charge in [0.15, 0.2) is 4.77 Å². The van der Waals surface area contributed by atoms with E-state index in [4.69, 9.17) is 12.2 Å². The molecule has 0 aliphatic heterocycles. The van der Waals surface area contributed by atoms with Crippen LogP contribution in [-0.2, 0) is 6.42 Å². The van der Waals surface area contributed by atoms with Gasteiger partial charge in [-0.25, -0.2) is 0 Å². The summed E-state index contributed by atoms with van der Waals surface area (Å²) < 4.78 is 2.95. The number of aryl methyl sites for hydroxylation is 1. The van der Waals surface area contributed by atoms with Gasteiger partial charge >= 0.3 is 0 Å². The molecule has 0 saturated carbocycles. The van der Waals surface area contributed by atoms with E-state index in [0.717, 1.165) is 35.6 Å². The fourth-order valence-electron chi connectivity index (χ4n) is 1.68. The van der Waals surface area contributed by atoms with Gasteiger partial charge in [-0.15, -0.1) is 0 Å². The van der Waals surface area contributed by atoms with Crippen molar-refractivity contribution in [3.05, 3.63) is 10.6 Å². The third kappa shape index (κ3) is 3.08. The first kappa shape index (κ1) is 12.8. The van der Waals surface area contributed by atoms with E-state index in [0.29, 0.717) is 6.04 Å². The van der Waals surface area contributed by atoms with Crippen molar-refractivity contribution in [1.29, 1.82) is 0 Å². The van der Waals surface area contributed by atoms with Crippen LogP contribution in [0.5, 0.6) is 0 Å². The van der Waals surface area contributed by atoms with Gasteiger partial charge in [0.05, 0.1) is 0 Å². The van der Waals surface area contributed by atoms with Crippen molar-refractivity contribution in [2.75, 3.05) is 12.0 Å². The molecule has 1 unspecified atom stereocenters. The Hall–Kier alpha value is -0.290. The average molecular weight is 245 g/mol. The van der Waals surface area contributed by atoms with E-state index < -0.39 is 0 Å². The molecule has 0 aliphatic carbocycles. The highest BCUT2D eigenvalue weighted by atomic mass is 32.2. The SMILES string of the molecule is CCCc1n[nH]c(=S)n1C(CC)CSC. The number of aromatic nitrogens is 3. The van der Waals surface area contributed by atoms with E-state index in [1.54, 1.807) is 0 Å². The molecule has 1 rings (SSSR count). The van der Waals surface area contributed by atoms with E-state index in [1.165, 1.54) is 0 Å². The molecule has 1 aromatic heterocycles. The Morgan fingerprint density at radius 3 is 2.80 bits per heavy atom. The number of nitrogens with zero attached hydrogens (tertiary/aromatic N) is 2. The fraction of sp³-hybridized carbons (Fsp3) is 0.800. The topological polar surface area (TPSA) is 33.6 Å². The molecule has 0 spiro atoms. The monoisotopic (exact) mass is 245 g/mol. The van der Waals surface area contributed by atoms with Crippen LogP contribution in [0.25, 0.3) is 0 Å². The average Bonchev–Trinajstić information content (AvgIpc) is 2.58. The van der Waals surface area contributed by atoms with Crippen LogP contribution in [-0.4, -0.2) is 26.8 Å². The minimum atomic E-state index is 0.479. The summed E-state index contributed by atoms with van der Waals surface area (Å²) in [5.74, 6) is 2.20. The number of thioether (sulfide) groups is 1. The lowest BCUT2D eigenvalue weighted by Crippen LogP contribution is -2.14. The smallest absolute Gasteiger partial charge is 0.195 e. The molecule has 1 aromatic rings. The van der Waals surface area contributed by atoms with Gasteiger partial charge in [0, 0.05) is 18.2 Å². The summed E-state index contributed by atoms with van der Waals surface area (Å²) in [6, 6.07) is 0.479. The van der Waals surface area contributed by atoms with Crippen LogP contribution in [0.2, 0.25) is 0 Å². The summed E-state index contributed by atoms with van der Waals surface area (Å²) in [7, 11) is 0. The Bertz CT molecular complexity index is 343. The van der Waals surface area contributed by atoms with Crippen LogP contribution in [0.4, 0.5) is 0 Å². The van der Waals surface area contributed by atoms with Crippen LogP contribution in [0.15, 0.2) is 0 Å². The maximum atomic E-state index is 5.28. The van der Waals surface area contributed by atoms with Crippen LogP contribution < -0.4 is 0 Å². The number of rotatable bonds is 6. The van der Waals surface area contributed by atoms with Crippen molar-refractivity contribution in [2.45, 2.75) is 39.2 Å². The highest BCUT2D eigenvalue weighted by Crippen LogP contribution is 2.19. The summed E-state index contributed by atoms with van der Waals surface area (Å²) in [6.45, 7) is 4.36. The molecule has 3 nitrogen and oxygen atoms in total. The molecule has 0 saturated heterocycles. The van der Waals surface area contributed by atoms with Gasteiger partial charge in [0.2, 0.25) is 0 Å². The first-order chi connectivity index (χ1) is 7.24. The molecule has 15 heavy (non-hydrogen) atoms. The zero-order chi connectivity index (χ0) is 11.3. The second-order valence-electron chi connectivity index (χ2n) is 3.58. The van der Waals surface area contributed by atoms with E-state index in [2.05, 4.69) is 34.9 Å². The fourth-order valence-corrected chi connectivity index (χ4v) is 2.75. The summed E-state index contributed by atoms with van der Waals surface area (Å²) in [4.78, 5) is 0. The first-order valence-electron chi connectivity index (χ1n) is 5.39. The molecule has 0 aromatic carbocycles. The summed E-state index contributed by atoms with van der Waals surface area (Å²) in [6.07, 6.45) is 5.34. The highest BCUT2D eigenvalue weighted by molar-refractivity contribution is 7.98. The molecule has 0 bridgehead atoms. The Morgan fingerprint density at radius 1 is 1.53 bits per heavy atom. The first-order valence-corrected chi connectivity index (χ1v) is 7.19. The lowest BCUT2D eigenvalue weighted by molar-refractivity contribution is 0.509. The lowest BCUT2D eigenvalue weighted by Gasteiger charge is -2.17. The molecule has 0 amide bonds. The van der Waals surface area contributed by atoms with Gasteiger partial charge in [-0.3, -0.25) is 5.10 Å². The molecule has 5 heteroatoms. The quantitative estimate of drug-likeness (QED) is 0.781. The molecule has 0 radical (unpaired) electrons. The second kappa shape index (κ2) is 6.33. The molecule has 1 N–H and O–H groups in total. The number of hydrogen-bond acceptors (Lipinski definition) is 3. The minimum absolute atomic E-state index is 0.479. The maximum Gasteiger partial charge on any atom is 0.195 e. The maximum absolute atomic E-state index is 5.28. The van der Waals surface area contributed by atoms with Crippen molar-refractivity contribution < 1.29 is 0 Å². The number of H-pyrrole nitrogens is 1. The van der Waals surface area contributed by atoms with Gasteiger partial charge in [-0.2, -0.15) is 16.9 Å². The number of hydrogen-bond donors (Lipinski definition) is 1. The van der Waals surface area contributed by atoms with Gasteiger partial charge in [-0.05, 0) is 31.3 Å². The van der Waals surface area contributed by atoms with Gasteiger partial charge in [-0.1, -0.05) is 13.8 Å². The van der Waals surface area contributed by atoms with Crippen LogP contribution in [0.1, 0.15) is 38.6 Å². The normalized spacial score (nSPS) is 13.0. The van der Waals surface area contributed by atoms with E-state index >= 15 is 0 Å². The van der Waals surface area contributed by atoms with Crippen molar-refractivity contribution >= 4 is 24.0 Å². The van der Waals surface area contributed by atoms with Crippen molar-refractivity contribution in [2.24, 2.45) is 0 Å². The summed E-state index contributed by atoms with van der Waals surface area (Å²) in [5, 5.41) is 7.19. The Balaban J connectivity index is 2.97. The molecular formula is C10H19N3S2. The van der Waals surface area contributed by atoms with E-state index in [1.807, 2.05) is 11.8 Å². The van der Waals surface area contributed by atoms with E-state index in [9.17, 15) is 0 Å². The minimum Gasteiger partial charge on any atom is -0.300 e. The number of nitrogens with one attached hydrogen (secondary N) is 1. The molecule has 1 heterocycles. The number of aromatic amines is 1. The van der Waals surface area contributed by atoms with Gasteiger partial charge < -0.3 is 4.57 Å². The van der Waals surface area contributed by atoms with Crippen LogP contribution >= 0.6 is 24.0 Å². The van der Waals surface area contributed by atoms with Crippen molar-refractivity contribution in [3.8, 4) is 0 Å². The van der Waals surface area contributed by atoms with E-state index in [-0.39, 0.29) is 0 Å². The predicted octanol–water partition coefficient (Wildman–Crippen LogP) is 3.21. The lowest BCUT2D eigenvalue weighted by atomic mass is 10.2. The second-order valence-corrected chi connectivity index (χ2v) is 4.88. The summed E-state index contributed by atoms with van der Waals surface area (Å²) in [5.41, 5.74) is 0. The molecule has 0 aliphatic rings. The third-order valence-electron chi connectivity index (χ3n) is 2.45. The molecule has 1 atom stereocenters. The molecule has 86 valence electrons. The van der Waals surface area contributed by atoms with Gasteiger partial charge in [0.25, 0.3) is 0 Å². The molecular weight excluding hydrogens is 226 g/mol. The van der Waals surface area contributed by atoms with Crippen LogP contribution in [0.3, 0.4) is 0 Å². The Morgan fingerprint density at radius 2 is 2.27 bits per heavy atom. The van der Waals surface area contributed by atoms with Crippen LogP contribution in [0, 0.1) is 4.77 Å². The van der Waals surface area contributed by atoms with Crippen molar-refractivity contribution in [3.63, 3.8) is 0 Å². The predicted molar refractivity (Wildman–Crippen MR) is 69.1 cm³/mol. The van der Waals surface area contributed by atoms with Gasteiger partial charge in [0.1, 0.15) is 5.82 Å². The Labute approximate surface area is 101 Å². The standard InChI is InChI=1S/C10H19N3S2/c1-4-6-9-11-12-10(14)13(9)8(5-2)7-15-3/h8H,4-7H2,1-3H3,(H,12,14). The van der Waals surface area contributed by atoms with Crippen molar-refractivity contribution in [1.82, 2.24) is 14.8 Å². The molecule has 0 fully saturated rings.